The Morgan fingerprint density at radius 3 is 1.94 bits per heavy atom. The van der Waals surface area contributed by atoms with Crippen LogP contribution in [0, 0.1) is 25.7 Å². The fraction of sp³-hybridized carbons (Fsp3) is 0.423. The third kappa shape index (κ3) is 6.04. The Morgan fingerprint density at radius 1 is 0.844 bits per heavy atom. The molecule has 0 aliphatic carbocycles. The first kappa shape index (κ1) is 23.7. The smallest absolute Gasteiger partial charge is 0.308 e. The molecule has 1 aliphatic heterocycles. The van der Waals surface area contributed by atoms with E-state index in [-0.39, 0.29) is 29.1 Å². The lowest BCUT2D eigenvalue weighted by Crippen LogP contribution is -2.46. The van der Waals surface area contributed by atoms with Gasteiger partial charge in [-0.3, -0.25) is 14.4 Å². The van der Waals surface area contributed by atoms with Crippen LogP contribution < -0.4 is 9.47 Å². The summed E-state index contributed by atoms with van der Waals surface area (Å²) in [6.07, 6.45) is 1.26. The lowest BCUT2D eigenvalue weighted by atomic mass is 9.81. The number of piperidine rings is 1. The summed E-state index contributed by atoms with van der Waals surface area (Å²) < 4.78 is 10.4. The maximum absolute atomic E-state index is 13.3. The van der Waals surface area contributed by atoms with Crippen molar-refractivity contribution in [3.8, 4) is 11.5 Å². The van der Waals surface area contributed by atoms with Gasteiger partial charge in [0.1, 0.15) is 5.78 Å². The number of likely N-dealkylation sites (tertiary alicyclic amines) is 1. The monoisotopic (exact) mass is 437 g/mol. The van der Waals surface area contributed by atoms with E-state index >= 15 is 0 Å². The summed E-state index contributed by atoms with van der Waals surface area (Å²) in [5.74, 6) is -0.574. The zero-order valence-electron chi connectivity index (χ0n) is 19.4. The van der Waals surface area contributed by atoms with Crippen LogP contribution in [0.4, 0.5) is 0 Å². The second-order valence-electron chi connectivity index (χ2n) is 8.81. The Labute approximate surface area is 189 Å². The van der Waals surface area contributed by atoms with Gasteiger partial charge in [0.25, 0.3) is 0 Å². The molecule has 2 atom stereocenters. The van der Waals surface area contributed by atoms with Gasteiger partial charge >= 0.3 is 11.9 Å². The molecule has 0 saturated carbocycles. The van der Waals surface area contributed by atoms with Crippen molar-refractivity contribution in [3.05, 3.63) is 58.7 Å². The maximum atomic E-state index is 13.3. The molecular weight excluding hydrogens is 406 g/mol. The van der Waals surface area contributed by atoms with Gasteiger partial charge in [0.05, 0.1) is 0 Å². The zero-order valence-corrected chi connectivity index (χ0v) is 19.4. The van der Waals surface area contributed by atoms with Crippen LogP contribution in [0.5, 0.6) is 11.5 Å². The summed E-state index contributed by atoms with van der Waals surface area (Å²) >= 11 is 0. The Bertz CT molecular complexity index is 1030. The topological polar surface area (TPSA) is 72.9 Å². The number of hydrogen-bond donors (Lipinski definition) is 0. The highest BCUT2D eigenvalue weighted by Crippen LogP contribution is 2.31. The zero-order chi connectivity index (χ0) is 23.4. The van der Waals surface area contributed by atoms with Crippen molar-refractivity contribution < 1.29 is 23.9 Å². The van der Waals surface area contributed by atoms with Gasteiger partial charge < -0.3 is 14.4 Å². The van der Waals surface area contributed by atoms with E-state index in [1.807, 2.05) is 13.1 Å². The van der Waals surface area contributed by atoms with E-state index in [9.17, 15) is 14.4 Å². The molecule has 1 saturated heterocycles. The van der Waals surface area contributed by atoms with Crippen molar-refractivity contribution in [1.82, 2.24) is 4.90 Å². The normalized spacial score (nSPS) is 19.0. The summed E-state index contributed by atoms with van der Waals surface area (Å²) in [6, 6.07) is 11.5. The fourth-order valence-corrected chi connectivity index (χ4v) is 4.32. The maximum Gasteiger partial charge on any atom is 0.308 e. The summed E-state index contributed by atoms with van der Waals surface area (Å²) in [5, 5.41) is 0. The quantitative estimate of drug-likeness (QED) is 0.507. The molecule has 0 amide bonds. The van der Waals surface area contributed by atoms with E-state index in [1.165, 1.54) is 30.5 Å². The molecule has 0 spiro atoms. The molecule has 1 aliphatic rings. The first-order valence-electron chi connectivity index (χ1n) is 10.9. The van der Waals surface area contributed by atoms with Gasteiger partial charge in [-0.1, -0.05) is 24.3 Å². The number of ketones is 1. The minimum atomic E-state index is -0.502. The molecule has 6 heteroatoms. The lowest BCUT2D eigenvalue weighted by Gasteiger charge is -2.34. The molecule has 0 bridgehead atoms. The van der Waals surface area contributed by atoms with Crippen molar-refractivity contribution >= 4 is 17.7 Å². The van der Waals surface area contributed by atoms with Crippen LogP contribution in [-0.4, -0.2) is 42.8 Å². The molecule has 1 fully saturated rings. The number of carbonyl (C=O) groups excluding carboxylic acids is 3. The number of ether oxygens (including phenoxy) is 2. The number of nitrogens with zero attached hydrogens (tertiary/aromatic N) is 1. The summed E-state index contributed by atoms with van der Waals surface area (Å²) in [7, 11) is 2.04. The SMILES string of the molecule is CC(=O)Oc1ccc(CC2CN(C)CC(Cc3ccc(C)c(C)c3)C2=O)cc1OC(C)=O. The highest BCUT2D eigenvalue weighted by Gasteiger charge is 2.34. The van der Waals surface area contributed by atoms with Gasteiger partial charge in [0.2, 0.25) is 0 Å². The van der Waals surface area contributed by atoms with Crippen LogP contribution in [0.15, 0.2) is 36.4 Å². The lowest BCUT2D eigenvalue weighted by molar-refractivity contribution is -0.134. The third-order valence-electron chi connectivity index (χ3n) is 5.92. The van der Waals surface area contributed by atoms with E-state index in [0.29, 0.717) is 13.0 Å². The van der Waals surface area contributed by atoms with Gasteiger partial charge in [-0.15, -0.1) is 0 Å². The number of aryl methyl sites for hydroxylation is 2. The van der Waals surface area contributed by atoms with Gasteiger partial charge in [-0.25, -0.2) is 0 Å². The van der Waals surface area contributed by atoms with Crippen LogP contribution in [0.1, 0.15) is 36.1 Å². The molecule has 2 unspecified atom stereocenters. The van der Waals surface area contributed by atoms with Crippen LogP contribution >= 0.6 is 0 Å². The van der Waals surface area contributed by atoms with Crippen LogP contribution in [0.3, 0.4) is 0 Å². The van der Waals surface area contributed by atoms with Crippen LogP contribution in [-0.2, 0) is 27.2 Å². The molecular formula is C26H31NO5. The Balaban J connectivity index is 1.78. The second-order valence-corrected chi connectivity index (χ2v) is 8.81. The predicted octanol–water partition coefficient (Wildman–Crippen LogP) is 3.69. The average molecular weight is 438 g/mol. The molecule has 3 rings (SSSR count). The van der Waals surface area contributed by atoms with Crippen LogP contribution in [0.25, 0.3) is 0 Å². The van der Waals surface area contributed by atoms with E-state index in [0.717, 1.165) is 18.5 Å². The molecule has 0 N–H and O–H groups in total. The number of esters is 2. The van der Waals surface area contributed by atoms with E-state index < -0.39 is 11.9 Å². The number of hydrogen-bond acceptors (Lipinski definition) is 6. The van der Waals surface area contributed by atoms with Crippen molar-refractivity contribution in [1.29, 1.82) is 0 Å². The van der Waals surface area contributed by atoms with E-state index in [4.69, 9.17) is 9.47 Å². The predicted molar refractivity (Wildman–Crippen MR) is 122 cm³/mol. The van der Waals surface area contributed by atoms with Gasteiger partial charge in [0, 0.05) is 38.8 Å². The summed E-state index contributed by atoms with van der Waals surface area (Å²) in [6.45, 7) is 8.18. The number of benzene rings is 2. The van der Waals surface area contributed by atoms with Gasteiger partial charge in [-0.05, 0) is 68.1 Å². The third-order valence-corrected chi connectivity index (χ3v) is 5.92. The average Bonchev–Trinajstić information content (AvgIpc) is 2.69. The Kier molecular flexibility index (Phi) is 7.46. The Morgan fingerprint density at radius 2 is 1.38 bits per heavy atom. The van der Waals surface area contributed by atoms with E-state index in [2.05, 4.69) is 36.9 Å². The second kappa shape index (κ2) is 10.1. The molecule has 6 nitrogen and oxygen atoms in total. The van der Waals surface area contributed by atoms with E-state index in [1.54, 1.807) is 12.1 Å². The minimum Gasteiger partial charge on any atom is -0.423 e. The molecule has 170 valence electrons. The largest absolute Gasteiger partial charge is 0.423 e. The minimum absolute atomic E-state index is 0.0610. The first-order chi connectivity index (χ1) is 15.1. The van der Waals surface area contributed by atoms with Crippen molar-refractivity contribution in [2.24, 2.45) is 11.8 Å². The summed E-state index contributed by atoms with van der Waals surface area (Å²) in [5.41, 5.74) is 4.53. The first-order valence-corrected chi connectivity index (χ1v) is 10.9. The molecule has 2 aromatic rings. The number of Topliss-reactive ketones (excluding diaryl/α,β-unsaturated/α-hetero) is 1. The van der Waals surface area contributed by atoms with Gasteiger partial charge in [0.15, 0.2) is 11.5 Å². The molecule has 0 radical (unpaired) electrons. The van der Waals surface area contributed by atoms with Gasteiger partial charge in [-0.2, -0.15) is 0 Å². The molecule has 2 aromatic carbocycles. The molecule has 0 aromatic heterocycles. The standard InChI is InChI=1S/C26H31NO5/c1-16-6-7-20(10-17(16)2)11-22-14-27(5)15-23(26(22)30)12-21-8-9-24(31-18(3)28)25(13-21)32-19(4)29/h6-10,13,22-23H,11-12,14-15H2,1-5H3. The van der Waals surface area contributed by atoms with Crippen molar-refractivity contribution in [2.45, 2.75) is 40.5 Å². The summed E-state index contributed by atoms with van der Waals surface area (Å²) in [4.78, 5) is 38.4. The Hall–Kier alpha value is -2.99. The highest BCUT2D eigenvalue weighted by atomic mass is 16.6. The molecule has 1 heterocycles. The van der Waals surface area contributed by atoms with Crippen LogP contribution in [0.2, 0.25) is 0 Å². The highest BCUT2D eigenvalue weighted by molar-refractivity contribution is 5.85. The number of rotatable bonds is 6. The fourth-order valence-electron chi connectivity index (χ4n) is 4.32. The van der Waals surface area contributed by atoms with Crippen molar-refractivity contribution in [3.63, 3.8) is 0 Å². The number of carbonyl (C=O) groups is 3. The van der Waals surface area contributed by atoms with Crippen molar-refractivity contribution in [2.75, 3.05) is 20.1 Å². The molecule has 32 heavy (non-hydrogen) atoms.